The normalized spacial score (nSPS) is 9.69. The Bertz CT molecular complexity index is 325. The van der Waals surface area contributed by atoms with Gasteiger partial charge in [-0.2, -0.15) is 0 Å². The van der Waals surface area contributed by atoms with E-state index in [-0.39, 0.29) is 12.4 Å². The van der Waals surface area contributed by atoms with Gasteiger partial charge in [-0.1, -0.05) is 35.3 Å². The van der Waals surface area contributed by atoms with Gasteiger partial charge in [0.25, 0.3) is 0 Å². The maximum absolute atomic E-state index is 10.9. The SMILES string of the molecule is [B]c1ccc(CC(=O)OC)c(Cl)c1. The van der Waals surface area contributed by atoms with E-state index in [1.807, 2.05) is 0 Å². The average Bonchev–Trinajstić information content (AvgIpc) is 2.09. The van der Waals surface area contributed by atoms with E-state index in [0.29, 0.717) is 10.5 Å². The van der Waals surface area contributed by atoms with Crippen LogP contribution >= 0.6 is 11.6 Å². The first-order valence-electron chi connectivity index (χ1n) is 3.74. The van der Waals surface area contributed by atoms with Crippen molar-refractivity contribution in [2.24, 2.45) is 0 Å². The van der Waals surface area contributed by atoms with Gasteiger partial charge in [-0.25, -0.2) is 0 Å². The van der Waals surface area contributed by atoms with Gasteiger partial charge in [0.2, 0.25) is 0 Å². The van der Waals surface area contributed by atoms with E-state index in [1.165, 1.54) is 7.11 Å². The first kappa shape index (κ1) is 10.1. The molecule has 13 heavy (non-hydrogen) atoms. The molecule has 0 aromatic heterocycles. The van der Waals surface area contributed by atoms with Gasteiger partial charge in [0.1, 0.15) is 7.85 Å². The summed E-state index contributed by atoms with van der Waals surface area (Å²) in [5.74, 6) is -0.313. The molecule has 0 saturated heterocycles. The molecule has 0 bridgehead atoms. The first-order chi connectivity index (χ1) is 6.13. The lowest BCUT2D eigenvalue weighted by Crippen LogP contribution is -2.07. The second kappa shape index (κ2) is 4.33. The van der Waals surface area contributed by atoms with Crippen molar-refractivity contribution >= 4 is 30.9 Å². The number of hydrogen-bond acceptors (Lipinski definition) is 2. The molecule has 1 aromatic rings. The third-order valence-electron chi connectivity index (χ3n) is 1.64. The quantitative estimate of drug-likeness (QED) is 0.515. The van der Waals surface area contributed by atoms with Crippen LogP contribution in [-0.4, -0.2) is 20.9 Å². The van der Waals surface area contributed by atoms with Crippen molar-refractivity contribution in [3.8, 4) is 0 Å². The molecule has 0 atom stereocenters. The summed E-state index contributed by atoms with van der Waals surface area (Å²) in [5, 5.41) is 0.491. The Kier molecular flexibility index (Phi) is 3.37. The third kappa shape index (κ3) is 2.78. The molecule has 66 valence electrons. The lowest BCUT2D eigenvalue weighted by atomic mass is 9.95. The van der Waals surface area contributed by atoms with Gasteiger partial charge >= 0.3 is 5.97 Å². The van der Waals surface area contributed by atoms with Crippen molar-refractivity contribution in [3.05, 3.63) is 28.8 Å². The lowest BCUT2D eigenvalue weighted by Gasteiger charge is -2.03. The van der Waals surface area contributed by atoms with Crippen LogP contribution in [0, 0.1) is 0 Å². The lowest BCUT2D eigenvalue weighted by molar-refractivity contribution is -0.139. The van der Waals surface area contributed by atoms with Gasteiger partial charge in [-0.3, -0.25) is 4.79 Å². The largest absolute Gasteiger partial charge is 0.469 e. The Morgan fingerprint density at radius 1 is 1.62 bits per heavy atom. The molecule has 0 unspecified atom stereocenters. The summed E-state index contributed by atoms with van der Waals surface area (Å²) in [4.78, 5) is 10.9. The van der Waals surface area contributed by atoms with Crippen LogP contribution in [0.2, 0.25) is 5.02 Å². The molecule has 0 amide bonds. The zero-order chi connectivity index (χ0) is 9.84. The summed E-state index contributed by atoms with van der Waals surface area (Å²) in [6.45, 7) is 0. The second-order valence-electron chi connectivity index (χ2n) is 2.60. The molecule has 0 N–H and O–H groups in total. The molecule has 0 aliphatic heterocycles. The fourth-order valence-electron chi connectivity index (χ4n) is 0.935. The van der Waals surface area contributed by atoms with E-state index in [0.717, 1.165) is 5.56 Å². The molecule has 2 nitrogen and oxygen atoms in total. The van der Waals surface area contributed by atoms with Crippen molar-refractivity contribution in [1.82, 2.24) is 0 Å². The molecule has 1 rings (SSSR count). The van der Waals surface area contributed by atoms with Gasteiger partial charge in [0.15, 0.2) is 0 Å². The Morgan fingerprint density at radius 2 is 2.31 bits per heavy atom. The zero-order valence-electron chi connectivity index (χ0n) is 7.21. The maximum atomic E-state index is 10.9. The number of carbonyl (C=O) groups is 1. The Morgan fingerprint density at radius 3 is 2.85 bits per heavy atom. The minimum Gasteiger partial charge on any atom is -0.469 e. The third-order valence-corrected chi connectivity index (χ3v) is 1.99. The Hall–Kier alpha value is -0.955. The van der Waals surface area contributed by atoms with E-state index in [4.69, 9.17) is 19.4 Å². The summed E-state index contributed by atoms with van der Waals surface area (Å²) >= 11 is 5.84. The number of carbonyl (C=O) groups excluding carboxylic acids is 1. The molecule has 0 aliphatic rings. The van der Waals surface area contributed by atoms with Crippen molar-refractivity contribution in [3.63, 3.8) is 0 Å². The first-order valence-corrected chi connectivity index (χ1v) is 4.12. The van der Waals surface area contributed by atoms with Crippen LogP contribution < -0.4 is 5.46 Å². The fourth-order valence-corrected chi connectivity index (χ4v) is 1.19. The minimum absolute atomic E-state index is 0.176. The molecule has 0 spiro atoms. The molecule has 0 saturated carbocycles. The summed E-state index contributed by atoms with van der Waals surface area (Å²) in [7, 11) is 6.83. The van der Waals surface area contributed by atoms with E-state index < -0.39 is 0 Å². The highest BCUT2D eigenvalue weighted by Gasteiger charge is 2.06. The molecule has 4 heteroatoms. The van der Waals surface area contributed by atoms with E-state index in [2.05, 4.69) is 4.74 Å². The fraction of sp³-hybridized carbons (Fsp3) is 0.222. The molecule has 2 radical (unpaired) electrons. The van der Waals surface area contributed by atoms with Crippen LogP contribution in [0.4, 0.5) is 0 Å². The molecule has 0 fully saturated rings. The van der Waals surface area contributed by atoms with Crippen LogP contribution in [0.1, 0.15) is 5.56 Å². The monoisotopic (exact) mass is 194 g/mol. The molecular formula is C9H8BClO2. The number of methoxy groups -OCH3 is 1. The van der Waals surface area contributed by atoms with Crippen LogP contribution in [0.25, 0.3) is 0 Å². The number of ether oxygens (including phenoxy) is 1. The van der Waals surface area contributed by atoms with Crippen molar-refractivity contribution in [2.75, 3.05) is 7.11 Å². The van der Waals surface area contributed by atoms with Crippen LogP contribution in [0.5, 0.6) is 0 Å². The number of halogens is 1. The standard InChI is InChI=1S/C9H8BClO2/c1-13-9(12)4-6-2-3-7(10)5-8(6)11/h2-3,5H,4H2,1H3. The molecule has 0 heterocycles. The highest BCUT2D eigenvalue weighted by Crippen LogP contribution is 2.14. The summed E-state index contributed by atoms with van der Waals surface area (Å²) in [6.07, 6.45) is 0.176. The molecule has 1 aromatic carbocycles. The van der Waals surface area contributed by atoms with E-state index in [9.17, 15) is 4.79 Å². The second-order valence-corrected chi connectivity index (χ2v) is 3.01. The van der Waals surface area contributed by atoms with Crippen molar-refractivity contribution in [1.29, 1.82) is 0 Å². The van der Waals surface area contributed by atoms with Crippen LogP contribution in [0.15, 0.2) is 18.2 Å². The van der Waals surface area contributed by atoms with Crippen LogP contribution in [0.3, 0.4) is 0 Å². The summed E-state index contributed by atoms with van der Waals surface area (Å²) in [5.41, 5.74) is 1.31. The Labute approximate surface area is 83.3 Å². The number of benzene rings is 1. The predicted molar refractivity (Wildman–Crippen MR) is 52.6 cm³/mol. The van der Waals surface area contributed by atoms with Gasteiger partial charge in [0.05, 0.1) is 13.5 Å². The van der Waals surface area contributed by atoms with E-state index in [1.54, 1.807) is 18.2 Å². The summed E-state index contributed by atoms with van der Waals surface area (Å²) in [6, 6.07) is 5.03. The van der Waals surface area contributed by atoms with Gasteiger partial charge in [-0.05, 0) is 5.56 Å². The van der Waals surface area contributed by atoms with Gasteiger partial charge in [0, 0.05) is 5.02 Å². The molecule has 0 aliphatic carbocycles. The zero-order valence-corrected chi connectivity index (χ0v) is 7.97. The Balaban J connectivity index is 2.83. The average molecular weight is 194 g/mol. The predicted octanol–water partition coefficient (Wildman–Crippen LogP) is 0.849. The van der Waals surface area contributed by atoms with Crippen molar-refractivity contribution < 1.29 is 9.53 Å². The minimum atomic E-state index is -0.313. The van der Waals surface area contributed by atoms with Crippen molar-refractivity contribution in [2.45, 2.75) is 6.42 Å². The highest BCUT2D eigenvalue weighted by molar-refractivity contribution is 6.36. The molecular weight excluding hydrogens is 186 g/mol. The smallest absolute Gasteiger partial charge is 0.310 e. The topological polar surface area (TPSA) is 26.3 Å². The van der Waals surface area contributed by atoms with E-state index >= 15 is 0 Å². The maximum Gasteiger partial charge on any atom is 0.310 e. The number of rotatable bonds is 2. The number of hydrogen-bond donors (Lipinski definition) is 0. The van der Waals surface area contributed by atoms with Gasteiger partial charge < -0.3 is 4.74 Å². The summed E-state index contributed by atoms with van der Waals surface area (Å²) < 4.78 is 4.51. The highest BCUT2D eigenvalue weighted by atomic mass is 35.5. The van der Waals surface area contributed by atoms with Crippen LogP contribution in [-0.2, 0) is 16.0 Å². The number of esters is 1. The van der Waals surface area contributed by atoms with Gasteiger partial charge in [-0.15, -0.1) is 0 Å².